The molecule has 0 radical (unpaired) electrons. The number of para-hydroxylation sites is 1. The minimum Gasteiger partial charge on any atom is -0.282 e. The summed E-state index contributed by atoms with van der Waals surface area (Å²) in [6, 6.07) is 19.9. The molecule has 136 valence electrons. The number of aromatic nitrogens is 3. The number of amides is 1. The zero-order valence-electron chi connectivity index (χ0n) is 15.3. The molecule has 4 rings (SSSR count). The molecule has 1 amide bonds. The molecular formula is C21H20N4OS. The lowest BCUT2D eigenvalue weighted by molar-refractivity contribution is -0.119. The average Bonchev–Trinajstić information content (AvgIpc) is 3.23. The Labute approximate surface area is 161 Å². The second-order valence-electron chi connectivity index (χ2n) is 6.51. The predicted octanol–water partition coefficient (Wildman–Crippen LogP) is 4.34. The van der Waals surface area contributed by atoms with E-state index in [1.54, 1.807) is 9.58 Å². The van der Waals surface area contributed by atoms with Crippen molar-refractivity contribution in [1.82, 2.24) is 14.8 Å². The van der Waals surface area contributed by atoms with Gasteiger partial charge in [-0.1, -0.05) is 53.8 Å². The van der Waals surface area contributed by atoms with Crippen LogP contribution in [0.3, 0.4) is 0 Å². The Morgan fingerprint density at radius 2 is 1.81 bits per heavy atom. The van der Waals surface area contributed by atoms with Gasteiger partial charge in [0.15, 0.2) is 5.13 Å². The Morgan fingerprint density at radius 1 is 1.07 bits per heavy atom. The summed E-state index contributed by atoms with van der Waals surface area (Å²) in [6.45, 7) is 4.58. The van der Waals surface area contributed by atoms with E-state index in [0.717, 1.165) is 27.2 Å². The zero-order valence-corrected chi connectivity index (χ0v) is 16.1. The average molecular weight is 376 g/mol. The molecule has 0 saturated heterocycles. The van der Waals surface area contributed by atoms with E-state index in [-0.39, 0.29) is 12.5 Å². The highest BCUT2D eigenvalue weighted by molar-refractivity contribution is 7.22. The number of hydrogen-bond donors (Lipinski definition) is 0. The van der Waals surface area contributed by atoms with Crippen molar-refractivity contribution in [2.75, 3.05) is 4.90 Å². The Kier molecular flexibility index (Phi) is 4.73. The Hall–Kier alpha value is -2.99. The van der Waals surface area contributed by atoms with Gasteiger partial charge in [0.25, 0.3) is 5.91 Å². The summed E-state index contributed by atoms with van der Waals surface area (Å²) in [7, 11) is 0. The zero-order chi connectivity index (χ0) is 18.8. The molecular weight excluding hydrogens is 356 g/mol. The molecule has 0 bridgehead atoms. The lowest BCUT2D eigenvalue weighted by Crippen LogP contribution is -2.34. The van der Waals surface area contributed by atoms with Gasteiger partial charge < -0.3 is 0 Å². The molecule has 0 unspecified atom stereocenters. The van der Waals surface area contributed by atoms with Crippen LogP contribution in [0.2, 0.25) is 0 Å². The number of thiazole rings is 1. The fourth-order valence-corrected chi connectivity index (χ4v) is 4.03. The van der Waals surface area contributed by atoms with Crippen LogP contribution >= 0.6 is 11.3 Å². The van der Waals surface area contributed by atoms with Gasteiger partial charge in [0.1, 0.15) is 6.54 Å². The van der Waals surface area contributed by atoms with E-state index in [2.05, 4.69) is 5.10 Å². The first-order valence-electron chi connectivity index (χ1n) is 8.81. The van der Waals surface area contributed by atoms with Crippen LogP contribution in [0.1, 0.15) is 17.0 Å². The minimum atomic E-state index is -0.0240. The number of anilines is 1. The fraction of sp³-hybridized carbons (Fsp3) is 0.190. The third-order valence-electron chi connectivity index (χ3n) is 4.39. The normalized spacial score (nSPS) is 11.0. The van der Waals surface area contributed by atoms with Gasteiger partial charge in [-0.15, -0.1) is 0 Å². The second kappa shape index (κ2) is 7.32. The highest BCUT2D eigenvalue weighted by atomic mass is 32.1. The van der Waals surface area contributed by atoms with Crippen molar-refractivity contribution in [2.45, 2.75) is 26.9 Å². The molecule has 0 aliphatic heterocycles. The summed E-state index contributed by atoms with van der Waals surface area (Å²) >= 11 is 1.54. The lowest BCUT2D eigenvalue weighted by Gasteiger charge is -2.20. The van der Waals surface area contributed by atoms with Gasteiger partial charge in [-0.05, 0) is 37.6 Å². The number of hydrogen-bond acceptors (Lipinski definition) is 4. The topological polar surface area (TPSA) is 51.0 Å². The maximum Gasteiger partial charge on any atom is 0.250 e. The molecule has 0 saturated carbocycles. The fourth-order valence-electron chi connectivity index (χ4n) is 3.05. The summed E-state index contributed by atoms with van der Waals surface area (Å²) < 4.78 is 2.83. The summed E-state index contributed by atoms with van der Waals surface area (Å²) in [4.78, 5) is 19.6. The van der Waals surface area contributed by atoms with E-state index in [1.807, 2.05) is 74.5 Å². The Balaban J connectivity index is 1.68. The maximum absolute atomic E-state index is 13.2. The van der Waals surface area contributed by atoms with E-state index >= 15 is 0 Å². The van der Waals surface area contributed by atoms with Crippen LogP contribution in [0.25, 0.3) is 10.2 Å². The van der Waals surface area contributed by atoms with Gasteiger partial charge in [0, 0.05) is 5.69 Å². The first-order valence-corrected chi connectivity index (χ1v) is 9.63. The van der Waals surface area contributed by atoms with Crippen molar-refractivity contribution < 1.29 is 4.79 Å². The van der Waals surface area contributed by atoms with Crippen LogP contribution in [-0.2, 0) is 17.9 Å². The third-order valence-corrected chi connectivity index (χ3v) is 5.45. The standard InChI is InChI=1S/C21H20N4OS/c1-15-12-16(2)25(23-15)14-20(26)24(13-17-8-4-3-5-9-17)21-22-18-10-6-7-11-19(18)27-21/h3-12H,13-14H2,1-2H3. The molecule has 0 N–H and O–H groups in total. The Bertz CT molecular complexity index is 1050. The molecule has 0 atom stereocenters. The van der Waals surface area contributed by atoms with Gasteiger partial charge in [-0.2, -0.15) is 5.10 Å². The molecule has 2 aromatic heterocycles. The number of fused-ring (bicyclic) bond motifs is 1. The molecule has 4 aromatic rings. The summed E-state index contributed by atoms with van der Waals surface area (Å²) in [5, 5.41) is 5.14. The largest absolute Gasteiger partial charge is 0.282 e. The number of benzene rings is 2. The molecule has 27 heavy (non-hydrogen) atoms. The van der Waals surface area contributed by atoms with Crippen LogP contribution in [0, 0.1) is 13.8 Å². The third kappa shape index (κ3) is 3.75. The van der Waals surface area contributed by atoms with Gasteiger partial charge in [0.05, 0.1) is 22.5 Å². The minimum absolute atomic E-state index is 0.0240. The highest BCUT2D eigenvalue weighted by Crippen LogP contribution is 2.30. The van der Waals surface area contributed by atoms with Crippen molar-refractivity contribution in [2.24, 2.45) is 0 Å². The van der Waals surface area contributed by atoms with Crippen molar-refractivity contribution in [3.05, 3.63) is 77.6 Å². The van der Waals surface area contributed by atoms with E-state index in [1.165, 1.54) is 11.3 Å². The SMILES string of the molecule is Cc1cc(C)n(CC(=O)N(Cc2ccccc2)c2nc3ccccc3s2)n1. The molecule has 5 nitrogen and oxygen atoms in total. The van der Waals surface area contributed by atoms with E-state index in [4.69, 9.17) is 4.98 Å². The van der Waals surface area contributed by atoms with Crippen molar-refractivity contribution in [3.8, 4) is 0 Å². The van der Waals surface area contributed by atoms with Crippen LogP contribution in [-0.4, -0.2) is 20.7 Å². The van der Waals surface area contributed by atoms with E-state index in [0.29, 0.717) is 11.7 Å². The van der Waals surface area contributed by atoms with Gasteiger partial charge >= 0.3 is 0 Å². The highest BCUT2D eigenvalue weighted by Gasteiger charge is 2.21. The molecule has 0 aliphatic carbocycles. The number of nitrogens with zero attached hydrogens (tertiary/aromatic N) is 4. The van der Waals surface area contributed by atoms with Gasteiger partial charge in [-0.3, -0.25) is 14.4 Å². The molecule has 0 spiro atoms. The van der Waals surface area contributed by atoms with E-state index in [9.17, 15) is 4.79 Å². The lowest BCUT2D eigenvalue weighted by atomic mass is 10.2. The van der Waals surface area contributed by atoms with Gasteiger partial charge in [-0.25, -0.2) is 4.98 Å². The molecule has 6 heteroatoms. The van der Waals surface area contributed by atoms with Crippen LogP contribution in [0.15, 0.2) is 60.7 Å². The van der Waals surface area contributed by atoms with Crippen molar-refractivity contribution in [1.29, 1.82) is 0 Å². The van der Waals surface area contributed by atoms with Gasteiger partial charge in [0.2, 0.25) is 0 Å². The summed E-state index contributed by atoms with van der Waals surface area (Å²) in [5.74, 6) is -0.0240. The van der Waals surface area contributed by atoms with E-state index < -0.39 is 0 Å². The first kappa shape index (κ1) is 17.4. The number of carbonyl (C=O) groups is 1. The second-order valence-corrected chi connectivity index (χ2v) is 7.52. The number of aryl methyl sites for hydroxylation is 2. The molecule has 2 heterocycles. The quantitative estimate of drug-likeness (QED) is 0.520. The van der Waals surface area contributed by atoms with Crippen LogP contribution < -0.4 is 4.90 Å². The Morgan fingerprint density at radius 3 is 2.52 bits per heavy atom. The monoisotopic (exact) mass is 376 g/mol. The maximum atomic E-state index is 13.2. The summed E-state index contributed by atoms with van der Waals surface area (Å²) in [6.07, 6.45) is 0. The smallest absolute Gasteiger partial charge is 0.250 e. The predicted molar refractivity (Wildman–Crippen MR) is 109 cm³/mol. The molecule has 0 aliphatic rings. The van der Waals surface area contributed by atoms with Crippen LogP contribution in [0.5, 0.6) is 0 Å². The number of carbonyl (C=O) groups excluding carboxylic acids is 1. The van der Waals surface area contributed by atoms with Crippen LogP contribution in [0.4, 0.5) is 5.13 Å². The van der Waals surface area contributed by atoms with Crippen molar-refractivity contribution >= 4 is 32.6 Å². The molecule has 0 fully saturated rings. The first-order chi connectivity index (χ1) is 13.1. The summed E-state index contributed by atoms with van der Waals surface area (Å²) in [5.41, 5.74) is 3.87. The van der Waals surface area contributed by atoms with Crippen molar-refractivity contribution in [3.63, 3.8) is 0 Å². The molecule has 2 aromatic carbocycles. The number of rotatable bonds is 5.